The number of hydrogen-bond donors (Lipinski definition) is 2. The van der Waals surface area contributed by atoms with Crippen LogP contribution in [0.4, 0.5) is 11.5 Å². The highest BCUT2D eigenvalue weighted by molar-refractivity contribution is 5.99. The van der Waals surface area contributed by atoms with Crippen LogP contribution < -0.4 is 20.1 Å². The zero-order valence-corrected chi connectivity index (χ0v) is 17.8. The Kier molecular flexibility index (Phi) is 7.33. The van der Waals surface area contributed by atoms with Gasteiger partial charge in [-0.2, -0.15) is 5.10 Å². The Bertz CT molecular complexity index is 1120. The standard InChI is InChI=1S/C19H23N7O6/c1-30-7-5-20-17-13-10-24-25(18(13)23-11-22-17)6-4-21-19(27)12-8-15(31-2)16(32-3)9-14(12)26(28)29/h8-11H,4-7H2,1-3H3,(H,21,27)(H,20,22,23). The van der Waals surface area contributed by atoms with Gasteiger partial charge in [-0.1, -0.05) is 0 Å². The van der Waals surface area contributed by atoms with Gasteiger partial charge in [0, 0.05) is 26.3 Å². The molecule has 0 spiro atoms. The molecule has 2 N–H and O–H groups in total. The molecule has 0 radical (unpaired) electrons. The molecule has 2 heterocycles. The van der Waals surface area contributed by atoms with Gasteiger partial charge in [-0.15, -0.1) is 0 Å². The largest absolute Gasteiger partial charge is 0.493 e. The number of benzene rings is 1. The fraction of sp³-hybridized carbons (Fsp3) is 0.368. The van der Waals surface area contributed by atoms with E-state index in [1.807, 2.05) is 0 Å². The van der Waals surface area contributed by atoms with Gasteiger partial charge >= 0.3 is 0 Å². The molecule has 13 heteroatoms. The van der Waals surface area contributed by atoms with Gasteiger partial charge in [-0.25, -0.2) is 14.6 Å². The van der Waals surface area contributed by atoms with Crippen LogP contribution in [-0.2, 0) is 11.3 Å². The summed E-state index contributed by atoms with van der Waals surface area (Å²) in [6, 6.07) is 2.44. The van der Waals surface area contributed by atoms with Crippen LogP contribution in [0.2, 0.25) is 0 Å². The number of nitrogens with zero attached hydrogens (tertiary/aromatic N) is 5. The second-order valence-electron chi connectivity index (χ2n) is 6.48. The van der Waals surface area contributed by atoms with Crippen molar-refractivity contribution in [2.24, 2.45) is 0 Å². The summed E-state index contributed by atoms with van der Waals surface area (Å²) in [5.74, 6) is 0.383. The summed E-state index contributed by atoms with van der Waals surface area (Å²) in [6.07, 6.45) is 3.05. The summed E-state index contributed by atoms with van der Waals surface area (Å²) in [5.41, 5.74) is 0.0698. The first-order valence-electron chi connectivity index (χ1n) is 9.58. The molecular weight excluding hydrogens is 422 g/mol. The molecule has 170 valence electrons. The van der Waals surface area contributed by atoms with Crippen LogP contribution in [0.1, 0.15) is 10.4 Å². The summed E-state index contributed by atoms with van der Waals surface area (Å²) in [4.78, 5) is 31.9. The summed E-state index contributed by atoms with van der Waals surface area (Å²) < 4.78 is 16.9. The Morgan fingerprint density at radius 3 is 2.59 bits per heavy atom. The van der Waals surface area contributed by atoms with Crippen LogP contribution in [0.15, 0.2) is 24.7 Å². The van der Waals surface area contributed by atoms with Crippen molar-refractivity contribution in [1.82, 2.24) is 25.1 Å². The third-order valence-electron chi connectivity index (χ3n) is 4.58. The number of methoxy groups -OCH3 is 3. The van der Waals surface area contributed by atoms with E-state index in [9.17, 15) is 14.9 Å². The number of hydrogen-bond acceptors (Lipinski definition) is 10. The Labute approximate surface area is 182 Å². The smallest absolute Gasteiger partial charge is 0.286 e. The Morgan fingerprint density at radius 1 is 1.16 bits per heavy atom. The van der Waals surface area contributed by atoms with E-state index in [0.29, 0.717) is 31.2 Å². The average molecular weight is 445 g/mol. The molecule has 0 bridgehead atoms. The molecule has 0 saturated carbocycles. The number of carbonyl (C=O) groups excluding carboxylic acids is 1. The van der Waals surface area contributed by atoms with E-state index in [2.05, 4.69) is 25.7 Å². The summed E-state index contributed by atoms with van der Waals surface area (Å²) in [6.45, 7) is 1.56. The molecule has 3 rings (SSSR count). The summed E-state index contributed by atoms with van der Waals surface area (Å²) >= 11 is 0. The highest BCUT2D eigenvalue weighted by Crippen LogP contribution is 2.34. The monoisotopic (exact) mass is 445 g/mol. The van der Waals surface area contributed by atoms with E-state index in [0.717, 1.165) is 11.5 Å². The Hall–Kier alpha value is -4.00. The predicted molar refractivity (Wildman–Crippen MR) is 114 cm³/mol. The zero-order valence-electron chi connectivity index (χ0n) is 17.8. The zero-order chi connectivity index (χ0) is 23.1. The quantitative estimate of drug-likeness (QED) is 0.250. The number of amides is 1. The molecule has 1 amide bonds. The minimum atomic E-state index is -0.646. The van der Waals surface area contributed by atoms with Crippen molar-refractivity contribution in [1.29, 1.82) is 0 Å². The number of aromatic nitrogens is 4. The number of nitro benzene ring substituents is 1. The first kappa shape index (κ1) is 22.7. The molecule has 0 unspecified atom stereocenters. The Morgan fingerprint density at radius 2 is 1.91 bits per heavy atom. The van der Waals surface area contributed by atoms with Crippen LogP contribution in [0.25, 0.3) is 11.0 Å². The van der Waals surface area contributed by atoms with Crippen molar-refractivity contribution in [3.8, 4) is 11.5 Å². The second-order valence-corrected chi connectivity index (χ2v) is 6.48. The van der Waals surface area contributed by atoms with Crippen LogP contribution in [0, 0.1) is 10.1 Å². The summed E-state index contributed by atoms with van der Waals surface area (Å²) in [7, 11) is 4.35. The SMILES string of the molecule is COCCNc1ncnc2c1cnn2CCNC(=O)c1cc(OC)c(OC)cc1[N+](=O)[O-]. The molecule has 0 aliphatic carbocycles. The van der Waals surface area contributed by atoms with E-state index in [1.165, 1.54) is 26.6 Å². The number of ether oxygens (including phenoxy) is 3. The van der Waals surface area contributed by atoms with Crippen LogP contribution in [0.3, 0.4) is 0 Å². The normalized spacial score (nSPS) is 10.7. The molecular formula is C19H23N7O6. The first-order valence-corrected chi connectivity index (χ1v) is 9.58. The van der Waals surface area contributed by atoms with Crippen molar-refractivity contribution in [3.05, 3.63) is 40.3 Å². The molecule has 0 atom stereocenters. The molecule has 0 aliphatic heterocycles. The predicted octanol–water partition coefficient (Wildman–Crippen LogP) is 1.24. The lowest BCUT2D eigenvalue weighted by Crippen LogP contribution is -2.28. The average Bonchev–Trinajstić information content (AvgIpc) is 3.22. The minimum absolute atomic E-state index is 0.134. The third kappa shape index (κ3) is 4.83. The fourth-order valence-corrected chi connectivity index (χ4v) is 3.04. The Balaban J connectivity index is 1.72. The maximum atomic E-state index is 12.6. The topological polar surface area (TPSA) is 156 Å². The van der Waals surface area contributed by atoms with E-state index in [4.69, 9.17) is 14.2 Å². The molecule has 2 aromatic heterocycles. The highest BCUT2D eigenvalue weighted by Gasteiger charge is 2.24. The number of anilines is 1. The van der Waals surface area contributed by atoms with Crippen molar-refractivity contribution in [2.45, 2.75) is 6.54 Å². The van der Waals surface area contributed by atoms with Gasteiger partial charge in [0.1, 0.15) is 17.7 Å². The van der Waals surface area contributed by atoms with E-state index < -0.39 is 10.8 Å². The van der Waals surface area contributed by atoms with Gasteiger partial charge in [0.25, 0.3) is 11.6 Å². The molecule has 3 aromatic rings. The number of nitro groups is 1. The van der Waals surface area contributed by atoms with Crippen molar-refractivity contribution in [2.75, 3.05) is 46.3 Å². The fourth-order valence-electron chi connectivity index (χ4n) is 3.04. The summed E-state index contributed by atoms with van der Waals surface area (Å²) in [5, 5.41) is 22.3. The minimum Gasteiger partial charge on any atom is -0.493 e. The van der Waals surface area contributed by atoms with Crippen molar-refractivity contribution < 1.29 is 23.9 Å². The lowest BCUT2D eigenvalue weighted by Gasteiger charge is -2.11. The van der Waals surface area contributed by atoms with E-state index in [1.54, 1.807) is 18.0 Å². The molecule has 0 saturated heterocycles. The maximum Gasteiger partial charge on any atom is 0.286 e. The number of carbonyl (C=O) groups is 1. The lowest BCUT2D eigenvalue weighted by atomic mass is 10.1. The molecule has 1 aromatic carbocycles. The van der Waals surface area contributed by atoms with Gasteiger partial charge in [0.05, 0.1) is 49.9 Å². The molecule has 0 fully saturated rings. The van der Waals surface area contributed by atoms with E-state index >= 15 is 0 Å². The highest BCUT2D eigenvalue weighted by atomic mass is 16.6. The first-order chi connectivity index (χ1) is 15.5. The van der Waals surface area contributed by atoms with Gasteiger partial charge < -0.3 is 24.8 Å². The van der Waals surface area contributed by atoms with Gasteiger partial charge in [0.15, 0.2) is 17.1 Å². The van der Waals surface area contributed by atoms with Crippen molar-refractivity contribution >= 4 is 28.4 Å². The van der Waals surface area contributed by atoms with Gasteiger partial charge in [-0.05, 0) is 0 Å². The second kappa shape index (κ2) is 10.3. The maximum absolute atomic E-state index is 12.6. The van der Waals surface area contributed by atoms with Gasteiger partial charge in [-0.3, -0.25) is 14.9 Å². The van der Waals surface area contributed by atoms with E-state index in [-0.39, 0.29) is 29.3 Å². The number of nitrogens with one attached hydrogen (secondary N) is 2. The van der Waals surface area contributed by atoms with Crippen LogP contribution in [0.5, 0.6) is 11.5 Å². The van der Waals surface area contributed by atoms with Gasteiger partial charge in [0.2, 0.25) is 0 Å². The number of rotatable bonds is 11. The van der Waals surface area contributed by atoms with Crippen LogP contribution in [-0.4, -0.2) is 71.6 Å². The number of fused-ring (bicyclic) bond motifs is 1. The molecule has 0 aliphatic rings. The lowest BCUT2D eigenvalue weighted by molar-refractivity contribution is -0.385. The van der Waals surface area contributed by atoms with Crippen LogP contribution >= 0.6 is 0 Å². The van der Waals surface area contributed by atoms with Crippen molar-refractivity contribution in [3.63, 3.8) is 0 Å². The molecule has 13 nitrogen and oxygen atoms in total. The third-order valence-corrected chi connectivity index (χ3v) is 4.58. The molecule has 32 heavy (non-hydrogen) atoms.